The monoisotopic (exact) mass is 362 g/mol. The zero-order chi connectivity index (χ0) is 18.9. The third-order valence-electron chi connectivity index (χ3n) is 4.86. The molecule has 1 aliphatic rings. The van der Waals surface area contributed by atoms with Crippen molar-refractivity contribution in [2.24, 2.45) is 0 Å². The van der Waals surface area contributed by atoms with E-state index >= 15 is 0 Å². The lowest BCUT2D eigenvalue weighted by Gasteiger charge is -2.22. The molecule has 1 N–H and O–H groups in total. The standard InChI is InChI=1S/C20H34N4O2/c1-4-7-9-12-21-19(25)18-22-17(16-11-8-10-15-24(16)18)20(26)23(13-5-2)14-6-3/h4-15H2,1-3H3,(H,21,25). The number of aromatic nitrogens is 2. The van der Waals surface area contributed by atoms with Crippen LogP contribution in [-0.2, 0) is 13.0 Å². The third-order valence-corrected chi connectivity index (χ3v) is 4.86. The van der Waals surface area contributed by atoms with E-state index in [-0.39, 0.29) is 11.8 Å². The molecule has 0 aliphatic carbocycles. The Labute approximate surface area is 157 Å². The molecule has 0 saturated carbocycles. The van der Waals surface area contributed by atoms with Gasteiger partial charge in [0.1, 0.15) is 5.69 Å². The van der Waals surface area contributed by atoms with Crippen molar-refractivity contribution in [2.45, 2.75) is 78.7 Å². The van der Waals surface area contributed by atoms with Crippen molar-refractivity contribution < 1.29 is 9.59 Å². The van der Waals surface area contributed by atoms with E-state index in [2.05, 4.69) is 31.1 Å². The molecule has 1 aromatic heterocycles. The fourth-order valence-electron chi connectivity index (χ4n) is 3.55. The minimum atomic E-state index is -0.152. The molecule has 6 heteroatoms. The van der Waals surface area contributed by atoms with Crippen molar-refractivity contribution in [3.8, 4) is 0 Å². The lowest BCUT2D eigenvalue weighted by Crippen LogP contribution is -2.33. The second-order valence-corrected chi connectivity index (χ2v) is 7.09. The topological polar surface area (TPSA) is 67.2 Å². The van der Waals surface area contributed by atoms with Gasteiger partial charge in [0.2, 0.25) is 0 Å². The summed E-state index contributed by atoms with van der Waals surface area (Å²) in [4.78, 5) is 32.1. The highest BCUT2D eigenvalue weighted by molar-refractivity contribution is 5.97. The van der Waals surface area contributed by atoms with Gasteiger partial charge in [-0.2, -0.15) is 0 Å². The van der Waals surface area contributed by atoms with Crippen LogP contribution in [0.3, 0.4) is 0 Å². The zero-order valence-corrected chi connectivity index (χ0v) is 16.6. The third kappa shape index (κ3) is 4.86. The molecule has 146 valence electrons. The molecule has 0 spiro atoms. The Kier molecular flexibility index (Phi) is 8.13. The number of fused-ring (bicyclic) bond motifs is 1. The largest absolute Gasteiger partial charge is 0.349 e. The minimum Gasteiger partial charge on any atom is -0.349 e. The van der Waals surface area contributed by atoms with Gasteiger partial charge < -0.3 is 14.8 Å². The molecular weight excluding hydrogens is 328 g/mol. The summed E-state index contributed by atoms with van der Waals surface area (Å²) < 4.78 is 1.97. The number of nitrogens with one attached hydrogen (secondary N) is 1. The Balaban J connectivity index is 2.23. The lowest BCUT2D eigenvalue weighted by atomic mass is 10.1. The van der Waals surface area contributed by atoms with Crippen LogP contribution in [0.2, 0.25) is 0 Å². The van der Waals surface area contributed by atoms with Crippen molar-refractivity contribution in [3.63, 3.8) is 0 Å². The first-order chi connectivity index (χ1) is 12.6. The second-order valence-electron chi connectivity index (χ2n) is 7.09. The molecular formula is C20H34N4O2. The molecule has 1 aromatic rings. The van der Waals surface area contributed by atoms with E-state index in [0.717, 1.165) is 76.7 Å². The van der Waals surface area contributed by atoms with Crippen molar-refractivity contribution in [3.05, 3.63) is 17.2 Å². The Hall–Kier alpha value is -1.85. The van der Waals surface area contributed by atoms with Crippen LogP contribution in [0.25, 0.3) is 0 Å². The first-order valence-electron chi connectivity index (χ1n) is 10.3. The Bertz CT molecular complexity index is 603. The molecule has 1 aliphatic heterocycles. The summed E-state index contributed by atoms with van der Waals surface area (Å²) in [7, 11) is 0. The van der Waals surface area contributed by atoms with Crippen LogP contribution < -0.4 is 5.32 Å². The number of rotatable bonds is 10. The molecule has 2 amide bonds. The van der Waals surface area contributed by atoms with E-state index in [1.807, 2.05) is 9.47 Å². The Morgan fingerprint density at radius 3 is 2.46 bits per heavy atom. The average molecular weight is 363 g/mol. The molecule has 0 aromatic carbocycles. The number of nitrogens with zero attached hydrogens (tertiary/aromatic N) is 3. The van der Waals surface area contributed by atoms with Gasteiger partial charge in [-0.25, -0.2) is 4.98 Å². The molecule has 26 heavy (non-hydrogen) atoms. The van der Waals surface area contributed by atoms with Gasteiger partial charge in [0.05, 0.1) is 5.69 Å². The van der Waals surface area contributed by atoms with Crippen LogP contribution >= 0.6 is 0 Å². The number of carbonyl (C=O) groups excluding carboxylic acids is 2. The van der Waals surface area contributed by atoms with Gasteiger partial charge in [0.25, 0.3) is 11.8 Å². The number of amides is 2. The number of hydrogen-bond acceptors (Lipinski definition) is 3. The Morgan fingerprint density at radius 2 is 1.81 bits per heavy atom. The summed E-state index contributed by atoms with van der Waals surface area (Å²) in [6, 6.07) is 0. The summed E-state index contributed by atoms with van der Waals surface area (Å²) >= 11 is 0. The van der Waals surface area contributed by atoms with Gasteiger partial charge in [-0.05, 0) is 38.5 Å². The first kappa shape index (κ1) is 20.5. The summed E-state index contributed by atoms with van der Waals surface area (Å²) in [5, 5.41) is 2.97. The van der Waals surface area contributed by atoms with Gasteiger partial charge in [-0.15, -0.1) is 0 Å². The molecule has 6 nitrogen and oxygen atoms in total. The lowest BCUT2D eigenvalue weighted by molar-refractivity contribution is 0.0748. The van der Waals surface area contributed by atoms with Gasteiger partial charge in [0, 0.05) is 26.2 Å². The average Bonchev–Trinajstić information content (AvgIpc) is 3.04. The van der Waals surface area contributed by atoms with E-state index in [4.69, 9.17) is 0 Å². The summed E-state index contributed by atoms with van der Waals surface area (Å²) in [5.41, 5.74) is 1.43. The highest BCUT2D eigenvalue weighted by Gasteiger charge is 2.29. The number of imidazole rings is 1. The number of unbranched alkanes of at least 4 members (excludes halogenated alkanes) is 2. The smallest absolute Gasteiger partial charge is 0.287 e. The predicted octanol–water partition coefficient (Wildman–Crippen LogP) is 3.40. The molecule has 0 saturated heterocycles. The number of carbonyl (C=O) groups is 2. The van der Waals surface area contributed by atoms with Crippen LogP contribution in [0.5, 0.6) is 0 Å². The van der Waals surface area contributed by atoms with Crippen molar-refractivity contribution in [1.29, 1.82) is 0 Å². The fourth-order valence-corrected chi connectivity index (χ4v) is 3.55. The summed E-state index contributed by atoms with van der Waals surface area (Å²) in [6.45, 7) is 9.20. The normalized spacial score (nSPS) is 13.3. The van der Waals surface area contributed by atoms with Crippen LogP contribution in [0.15, 0.2) is 0 Å². The zero-order valence-electron chi connectivity index (χ0n) is 16.6. The Morgan fingerprint density at radius 1 is 1.08 bits per heavy atom. The van der Waals surface area contributed by atoms with Crippen molar-refractivity contribution in [2.75, 3.05) is 19.6 Å². The van der Waals surface area contributed by atoms with Gasteiger partial charge in [0.15, 0.2) is 5.82 Å². The molecule has 0 bridgehead atoms. The minimum absolute atomic E-state index is 0.0237. The SMILES string of the molecule is CCCCCNC(=O)c1nc(C(=O)N(CCC)CCC)c2n1CCCC2. The summed E-state index contributed by atoms with van der Waals surface area (Å²) in [6.07, 6.45) is 7.95. The highest BCUT2D eigenvalue weighted by Crippen LogP contribution is 2.22. The molecule has 0 radical (unpaired) electrons. The van der Waals surface area contributed by atoms with Gasteiger partial charge >= 0.3 is 0 Å². The summed E-state index contributed by atoms with van der Waals surface area (Å²) in [5.74, 6) is 0.234. The molecule has 2 heterocycles. The van der Waals surface area contributed by atoms with Gasteiger partial charge in [-0.1, -0.05) is 33.6 Å². The molecule has 0 unspecified atom stereocenters. The van der Waals surface area contributed by atoms with E-state index in [1.54, 1.807) is 0 Å². The number of hydrogen-bond donors (Lipinski definition) is 1. The van der Waals surface area contributed by atoms with Crippen LogP contribution in [-0.4, -0.2) is 45.9 Å². The maximum absolute atomic E-state index is 13.1. The van der Waals surface area contributed by atoms with Crippen molar-refractivity contribution in [1.82, 2.24) is 19.8 Å². The first-order valence-corrected chi connectivity index (χ1v) is 10.3. The maximum atomic E-state index is 13.1. The quantitative estimate of drug-likeness (QED) is 0.649. The van der Waals surface area contributed by atoms with E-state index < -0.39 is 0 Å². The van der Waals surface area contributed by atoms with Gasteiger partial charge in [-0.3, -0.25) is 9.59 Å². The second kappa shape index (κ2) is 10.3. The van der Waals surface area contributed by atoms with Crippen molar-refractivity contribution >= 4 is 11.8 Å². The molecule has 0 fully saturated rings. The van der Waals surface area contributed by atoms with Crippen LogP contribution in [0.1, 0.15) is 92.5 Å². The van der Waals surface area contributed by atoms with E-state index in [0.29, 0.717) is 18.1 Å². The molecule has 2 rings (SSSR count). The predicted molar refractivity (Wildman–Crippen MR) is 104 cm³/mol. The van der Waals surface area contributed by atoms with Crippen LogP contribution in [0, 0.1) is 0 Å². The van der Waals surface area contributed by atoms with E-state index in [9.17, 15) is 9.59 Å². The van der Waals surface area contributed by atoms with Crippen LogP contribution in [0.4, 0.5) is 0 Å². The fraction of sp³-hybridized carbons (Fsp3) is 0.750. The molecule has 0 atom stereocenters. The van der Waals surface area contributed by atoms with E-state index in [1.165, 1.54) is 0 Å². The maximum Gasteiger partial charge on any atom is 0.287 e. The highest BCUT2D eigenvalue weighted by atomic mass is 16.2.